The van der Waals surface area contributed by atoms with Crippen molar-refractivity contribution in [3.05, 3.63) is 6.68 Å². The van der Waals surface area contributed by atoms with Gasteiger partial charge in [0, 0.05) is 0 Å². The van der Waals surface area contributed by atoms with Gasteiger partial charge in [0.15, 0.2) is 6.68 Å². The van der Waals surface area contributed by atoms with Crippen LogP contribution in [0.1, 0.15) is 0 Å². The van der Waals surface area contributed by atoms with Crippen LogP contribution < -0.4 is 0 Å². The Kier molecular flexibility index (Phi) is 15.1. The summed E-state index contributed by atoms with van der Waals surface area (Å²) < 4.78 is 28.8. The van der Waals surface area contributed by atoms with Crippen molar-refractivity contribution in [2.75, 3.05) is 0 Å². The van der Waals surface area contributed by atoms with Crippen LogP contribution in [0.5, 0.6) is 0 Å². The molecule has 0 aromatic rings. The van der Waals surface area contributed by atoms with Crippen molar-refractivity contribution in [2.45, 2.75) is 0 Å². The first-order valence-electron chi connectivity index (χ1n) is 0.834. The van der Waals surface area contributed by atoms with Crippen LogP contribution in [-0.4, -0.2) is 0 Å². The van der Waals surface area contributed by atoms with Crippen LogP contribution in [0.3, 0.4) is 0 Å². The minimum absolute atomic E-state index is 0.847. The molecule has 0 amide bonds. The monoisotopic (exact) mass is 168 g/mol. The van der Waals surface area contributed by atoms with Gasteiger partial charge in [-0.15, -0.1) is 0 Å². The summed E-state index contributed by atoms with van der Waals surface area (Å²) in [5, 5.41) is 0. The van der Waals surface area contributed by atoms with Crippen LogP contribution >= 0.6 is 9.69 Å². The first kappa shape index (κ1) is 9.86. The Morgan fingerprint density at radius 3 is 1.17 bits per heavy atom. The molecule has 0 rings (SSSR count). The van der Waals surface area contributed by atoms with Crippen LogP contribution in [0.15, 0.2) is 0 Å². The van der Waals surface area contributed by atoms with Gasteiger partial charge < -0.3 is 13.2 Å². The summed E-state index contributed by atoms with van der Waals surface area (Å²) in [6.45, 7) is -3.08. The van der Waals surface area contributed by atoms with E-state index in [1.165, 1.54) is 0 Å². The molecule has 6 heavy (non-hydrogen) atoms. The summed E-state index contributed by atoms with van der Waals surface area (Å²) in [7, 11) is 4.76. The minimum atomic E-state index is -3.08. The van der Waals surface area contributed by atoms with Gasteiger partial charge in [-0.25, -0.2) is 0 Å². The van der Waals surface area contributed by atoms with E-state index >= 15 is 0 Å². The molecule has 0 heterocycles. The molecule has 0 N–H and O–H groups in total. The van der Waals surface area contributed by atoms with E-state index in [2.05, 4.69) is 0 Å². The molecule has 34 valence electrons. The van der Waals surface area contributed by atoms with Crippen LogP contribution in [0.25, 0.3) is 0 Å². The molecule has 0 atom stereocenters. The first-order valence-corrected chi connectivity index (χ1v) is 4.73. The Hall–Kier alpha value is 0.703. The molecule has 0 unspecified atom stereocenters. The van der Waals surface area contributed by atoms with Gasteiger partial charge in [0.1, 0.15) is 0 Å². The fourth-order valence-electron chi connectivity index (χ4n) is 0. The van der Waals surface area contributed by atoms with Gasteiger partial charge in [-0.2, -0.15) is 0 Å². The zero-order valence-electron chi connectivity index (χ0n) is 2.72. The van der Waals surface area contributed by atoms with E-state index in [4.69, 9.17) is 9.69 Å². The normalized spacial score (nSPS) is 7.17. The molecular weight excluding hydrogens is 170 g/mol. The average molecular weight is 170 g/mol. The Balaban J connectivity index is 0. The first-order chi connectivity index (χ1) is 2.73. The number of hydrogen-bond acceptors (Lipinski definition) is 0. The summed E-state index contributed by atoms with van der Waals surface area (Å²) in [6, 6.07) is 0. The fraction of sp³-hybridized carbons (Fsp3) is 0. The van der Waals surface area contributed by atoms with Gasteiger partial charge in [-0.05, 0) is 0 Å². The number of rotatable bonds is 0. The second kappa shape index (κ2) is 9.20. The molecule has 0 spiro atoms. The van der Waals surface area contributed by atoms with Gasteiger partial charge in [-0.3, -0.25) is 0 Å². The standard InChI is InChI=1S/CF3.ClH.Zn/c2-1(3)4;;/h;1H;/q-1;;+2/p-1. The van der Waals surface area contributed by atoms with Crippen molar-refractivity contribution in [3.63, 3.8) is 0 Å². The number of hydrogen-bond donors (Lipinski definition) is 0. The van der Waals surface area contributed by atoms with E-state index in [0.717, 1.165) is 17.3 Å². The van der Waals surface area contributed by atoms with Crippen molar-refractivity contribution in [3.8, 4) is 0 Å². The van der Waals surface area contributed by atoms with E-state index in [0.29, 0.717) is 0 Å². The molecule has 0 radical (unpaired) electrons. The Morgan fingerprint density at radius 2 is 1.17 bits per heavy atom. The SMILES string of the molecule is F[C-](F)F.[Cl][Zn+]. The van der Waals surface area contributed by atoms with Crippen LogP contribution in [0.4, 0.5) is 13.2 Å². The van der Waals surface area contributed by atoms with E-state index in [-0.39, 0.29) is 0 Å². The van der Waals surface area contributed by atoms with Gasteiger partial charge >= 0.3 is 27.0 Å². The summed E-state index contributed by atoms with van der Waals surface area (Å²) >= 11 is 0.847. The maximum absolute atomic E-state index is 9.58. The van der Waals surface area contributed by atoms with Crippen molar-refractivity contribution >= 4 is 9.69 Å². The van der Waals surface area contributed by atoms with Crippen LogP contribution in [-0.2, 0) is 17.3 Å². The summed E-state index contributed by atoms with van der Waals surface area (Å²) in [4.78, 5) is 0. The Labute approximate surface area is 47.4 Å². The van der Waals surface area contributed by atoms with Gasteiger partial charge in [0.25, 0.3) is 0 Å². The fourth-order valence-corrected chi connectivity index (χ4v) is 0. The summed E-state index contributed by atoms with van der Waals surface area (Å²) in [5.41, 5.74) is 0. The zero-order valence-corrected chi connectivity index (χ0v) is 6.44. The van der Waals surface area contributed by atoms with Gasteiger partial charge in [-0.1, -0.05) is 0 Å². The molecule has 0 aliphatic rings. The van der Waals surface area contributed by atoms with Gasteiger partial charge in [0.2, 0.25) is 0 Å². The second-order valence-corrected chi connectivity index (χ2v) is 0.214. The van der Waals surface area contributed by atoms with Crippen molar-refractivity contribution in [1.82, 2.24) is 0 Å². The maximum atomic E-state index is 9.58. The van der Waals surface area contributed by atoms with E-state index in [1.807, 2.05) is 0 Å². The summed E-state index contributed by atoms with van der Waals surface area (Å²) in [5.74, 6) is 0. The van der Waals surface area contributed by atoms with Crippen LogP contribution in [0.2, 0.25) is 0 Å². The van der Waals surface area contributed by atoms with Crippen molar-refractivity contribution in [1.29, 1.82) is 0 Å². The third kappa shape index (κ3) is 130. The Morgan fingerprint density at radius 1 is 1.17 bits per heavy atom. The molecule has 0 aliphatic carbocycles. The predicted molar refractivity (Wildman–Crippen MR) is 12.4 cm³/mol. The van der Waals surface area contributed by atoms with E-state index in [1.54, 1.807) is 0 Å². The molecular formula is CClF3Zn. The molecule has 0 aromatic heterocycles. The Bertz CT molecular complexity index is 15.5. The molecule has 0 bridgehead atoms. The average Bonchev–Trinajstić information content (AvgIpc) is 1.41. The molecule has 5 heteroatoms. The number of halogens is 4. The van der Waals surface area contributed by atoms with E-state index < -0.39 is 6.68 Å². The quantitative estimate of drug-likeness (QED) is 0.385. The zero-order chi connectivity index (χ0) is 5.58. The third-order valence-corrected chi connectivity index (χ3v) is 0. The van der Waals surface area contributed by atoms with Crippen molar-refractivity contribution < 1.29 is 30.5 Å². The van der Waals surface area contributed by atoms with Gasteiger partial charge in [0.05, 0.1) is 0 Å². The molecule has 0 fully saturated rings. The molecule has 0 saturated heterocycles. The third-order valence-electron chi connectivity index (χ3n) is 0. The predicted octanol–water partition coefficient (Wildman–Crippen LogP) is 2.03. The molecule has 0 aliphatic heterocycles. The van der Waals surface area contributed by atoms with E-state index in [9.17, 15) is 13.2 Å². The molecule has 0 saturated carbocycles. The van der Waals surface area contributed by atoms with Crippen LogP contribution in [0, 0.1) is 6.68 Å². The second-order valence-electron chi connectivity index (χ2n) is 0.214. The molecule has 0 aromatic carbocycles. The van der Waals surface area contributed by atoms with Crippen molar-refractivity contribution in [2.24, 2.45) is 0 Å². The summed E-state index contributed by atoms with van der Waals surface area (Å²) in [6.07, 6.45) is 0. The topological polar surface area (TPSA) is 0 Å². The molecule has 0 nitrogen and oxygen atoms in total.